The normalized spacial score (nSPS) is 16.6. The summed E-state index contributed by atoms with van der Waals surface area (Å²) < 4.78 is 18.7. The lowest BCUT2D eigenvalue weighted by molar-refractivity contribution is -0.131. The molecule has 6 heteroatoms. The monoisotopic (exact) mass is 348 g/mol. The molecule has 3 rings (SSSR count). The minimum atomic E-state index is -0.441. The molecule has 1 aromatic heterocycles. The summed E-state index contributed by atoms with van der Waals surface area (Å²) in [5, 5.41) is 1.05. The van der Waals surface area contributed by atoms with Crippen LogP contribution >= 0.6 is 11.3 Å². The highest BCUT2D eigenvalue weighted by atomic mass is 32.1. The van der Waals surface area contributed by atoms with Crippen LogP contribution in [0.15, 0.2) is 18.2 Å². The number of fused-ring (bicyclic) bond motifs is 1. The quantitative estimate of drug-likeness (QED) is 0.846. The second-order valence-electron chi connectivity index (χ2n) is 6.10. The second kappa shape index (κ2) is 6.89. The summed E-state index contributed by atoms with van der Waals surface area (Å²) in [6, 6.07) is 4.74. The third kappa shape index (κ3) is 3.29. The first-order valence-electron chi connectivity index (χ1n) is 8.04. The first kappa shape index (κ1) is 16.9. The lowest BCUT2D eigenvalue weighted by Gasteiger charge is -2.30. The molecule has 1 aliphatic carbocycles. The molecule has 1 aliphatic rings. The highest BCUT2D eigenvalue weighted by Gasteiger charge is 2.29. The number of halogens is 1. The number of carbonyl (C=O) groups excluding carboxylic acids is 1. The van der Waals surface area contributed by atoms with Crippen molar-refractivity contribution in [3.63, 3.8) is 0 Å². The van der Waals surface area contributed by atoms with E-state index in [-0.39, 0.29) is 24.1 Å². The largest absolute Gasteiger partial charge is 0.494 e. The maximum Gasteiger partial charge on any atom is 0.227 e. The number of benzene rings is 1. The Morgan fingerprint density at radius 2 is 2.29 bits per heavy atom. The number of carbonyl (C=O) groups is 1. The molecule has 1 atom stereocenters. The van der Waals surface area contributed by atoms with E-state index in [1.165, 1.54) is 18.1 Å². The van der Waals surface area contributed by atoms with Gasteiger partial charge in [-0.2, -0.15) is 0 Å². The van der Waals surface area contributed by atoms with Gasteiger partial charge in [0.1, 0.15) is 0 Å². The van der Waals surface area contributed by atoms with Crippen molar-refractivity contribution in [2.45, 2.75) is 38.6 Å². The maximum absolute atomic E-state index is 13.8. The van der Waals surface area contributed by atoms with Gasteiger partial charge < -0.3 is 9.64 Å². The Bertz CT molecular complexity index is 759. The lowest BCUT2D eigenvalue weighted by atomic mass is 9.96. The first-order chi connectivity index (χ1) is 11.5. The van der Waals surface area contributed by atoms with E-state index in [9.17, 15) is 9.18 Å². The number of thiazole rings is 1. The summed E-state index contributed by atoms with van der Waals surface area (Å²) in [6.45, 7) is 2.00. The van der Waals surface area contributed by atoms with E-state index in [1.807, 2.05) is 14.0 Å². The molecule has 1 amide bonds. The Balaban J connectivity index is 1.75. The predicted octanol–water partition coefficient (Wildman–Crippen LogP) is 3.68. The van der Waals surface area contributed by atoms with Crippen molar-refractivity contribution in [3.8, 4) is 5.75 Å². The average molecular weight is 348 g/mol. The zero-order valence-electron chi connectivity index (χ0n) is 14.1. The molecule has 1 aromatic carbocycles. The van der Waals surface area contributed by atoms with Gasteiger partial charge in [0, 0.05) is 7.05 Å². The molecule has 0 saturated heterocycles. The van der Waals surface area contributed by atoms with Gasteiger partial charge in [-0.15, -0.1) is 11.3 Å². The van der Waals surface area contributed by atoms with Crippen molar-refractivity contribution >= 4 is 17.2 Å². The second-order valence-corrected chi connectivity index (χ2v) is 7.34. The Morgan fingerprint density at radius 1 is 1.50 bits per heavy atom. The van der Waals surface area contributed by atoms with Crippen LogP contribution in [0.2, 0.25) is 0 Å². The number of ether oxygens (including phenoxy) is 1. The zero-order chi connectivity index (χ0) is 17.3. The molecule has 4 nitrogen and oxygen atoms in total. The van der Waals surface area contributed by atoms with Crippen LogP contribution in [-0.4, -0.2) is 29.9 Å². The highest BCUT2D eigenvalue weighted by Crippen LogP contribution is 2.37. The number of nitrogens with zero attached hydrogens (tertiary/aromatic N) is 2. The average Bonchev–Trinajstić information content (AvgIpc) is 2.94. The van der Waals surface area contributed by atoms with Crippen LogP contribution in [0.4, 0.5) is 4.39 Å². The smallest absolute Gasteiger partial charge is 0.227 e. The standard InChI is InChI=1S/C18H21FN2O2S/c1-11-20-14-5-4-6-15(18(14)24-11)21(2)17(22)10-12-7-8-16(23-3)13(19)9-12/h7-9,15H,4-6,10H2,1-3H3. The number of amides is 1. The molecule has 1 heterocycles. The molecule has 0 bridgehead atoms. The summed E-state index contributed by atoms with van der Waals surface area (Å²) in [7, 11) is 3.26. The molecule has 0 aliphatic heterocycles. The summed E-state index contributed by atoms with van der Waals surface area (Å²) in [5.74, 6) is -0.261. The van der Waals surface area contributed by atoms with Crippen LogP contribution in [0, 0.1) is 12.7 Å². The van der Waals surface area contributed by atoms with Gasteiger partial charge in [-0.05, 0) is 43.9 Å². The number of hydrogen-bond donors (Lipinski definition) is 0. The van der Waals surface area contributed by atoms with Crippen LogP contribution in [-0.2, 0) is 17.6 Å². The Hall–Kier alpha value is -1.95. The number of rotatable bonds is 4. The fraction of sp³-hybridized carbons (Fsp3) is 0.444. The molecule has 1 unspecified atom stereocenters. The molecule has 0 spiro atoms. The van der Waals surface area contributed by atoms with Crippen molar-refractivity contribution in [3.05, 3.63) is 45.2 Å². The number of aryl methyl sites for hydroxylation is 2. The van der Waals surface area contributed by atoms with Gasteiger partial charge in [0.15, 0.2) is 11.6 Å². The number of aromatic nitrogens is 1. The zero-order valence-corrected chi connectivity index (χ0v) is 15.0. The fourth-order valence-corrected chi connectivity index (χ4v) is 4.33. The minimum absolute atomic E-state index is 0.0107. The van der Waals surface area contributed by atoms with Crippen LogP contribution < -0.4 is 4.74 Å². The fourth-order valence-electron chi connectivity index (χ4n) is 3.18. The van der Waals surface area contributed by atoms with E-state index in [0.29, 0.717) is 5.56 Å². The van der Waals surface area contributed by atoms with Crippen LogP contribution in [0.25, 0.3) is 0 Å². The van der Waals surface area contributed by atoms with Crippen molar-refractivity contribution in [1.29, 1.82) is 0 Å². The van der Waals surface area contributed by atoms with Crippen LogP contribution in [0.1, 0.15) is 40.0 Å². The van der Waals surface area contributed by atoms with E-state index >= 15 is 0 Å². The predicted molar refractivity (Wildman–Crippen MR) is 92.0 cm³/mol. The molecule has 128 valence electrons. The summed E-state index contributed by atoms with van der Waals surface area (Å²) >= 11 is 1.68. The molecule has 0 N–H and O–H groups in total. The van der Waals surface area contributed by atoms with Gasteiger partial charge in [-0.3, -0.25) is 4.79 Å². The Labute approximate surface area is 145 Å². The van der Waals surface area contributed by atoms with Gasteiger partial charge in [-0.25, -0.2) is 9.37 Å². The van der Waals surface area contributed by atoms with Crippen LogP contribution in [0.3, 0.4) is 0 Å². The lowest BCUT2D eigenvalue weighted by Crippen LogP contribution is -2.33. The minimum Gasteiger partial charge on any atom is -0.494 e. The molecule has 24 heavy (non-hydrogen) atoms. The topological polar surface area (TPSA) is 42.4 Å². The number of likely N-dealkylation sites (N-methyl/N-ethyl adjacent to an activating group) is 1. The van der Waals surface area contributed by atoms with Crippen molar-refractivity contribution in [2.75, 3.05) is 14.2 Å². The van der Waals surface area contributed by atoms with Crippen molar-refractivity contribution in [1.82, 2.24) is 9.88 Å². The molecule has 2 aromatic rings. The van der Waals surface area contributed by atoms with E-state index in [0.717, 1.165) is 30.0 Å². The van der Waals surface area contributed by atoms with Gasteiger partial charge in [0.25, 0.3) is 0 Å². The van der Waals surface area contributed by atoms with Gasteiger partial charge in [0.2, 0.25) is 5.91 Å². The molecular weight excluding hydrogens is 327 g/mol. The molecule has 0 radical (unpaired) electrons. The Morgan fingerprint density at radius 3 is 3.00 bits per heavy atom. The molecular formula is C18H21FN2O2S. The van der Waals surface area contributed by atoms with Gasteiger partial charge in [0.05, 0.1) is 35.2 Å². The third-order valence-corrected chi connectivity index (χ3v) is 5.58. The first-order valence-corrected chi connectivity index (χ1v) is 8.85. The number of hydrogen-bond acceptors (Lipinski definition) is 4. The third-order valence-electron chi connectivity index (χ3n) is 4.46. The highest BCUT2D eigenvalue weighted by molar-refractivity contribution is 7.11. The molecule has 0 fully saturated rings. The van der Waals surface area contributed by atoms with Crippen molar-refractivity contribution in [2.24, 2.45) is 0 Å². The van der Waals surface area contributed by atoms with Gasteiger partial charge in [-0.1, -0.05) is 6.07 Å². The Kier molecular flexibility index (Phi) is 4.85. The SMILES string of the molecule is COc1ccc(CC(=O)N(C)C2CCCc3nc(C)sc32)cc1F. The summed E-state index contributed by atoms with van der Waals surface area (Å²) in [6.07, 6.45) is 3.16. The molecule has 0 saturated carbocycles. The summed E-state index contributed by atoms with van der Waals surface area (Å²) in [4.78, 5) is 20.2. The van der Waals surface area contributed by atoms with E-state index in [1.54, 1.807) is 28.4 Å². The van der Waals surface area contributed by atoms with Gasteiger partial charge >= 0.3 is 0 Å². The van der Waals surface area contributed by atoms with Crippen LogP contribution in [0.5, 0.6) is 5.75 Å². The van der Waals surface area contributed by atoms with Crippen molar-refractivity contribution < 1.29 is 13.9 Å². The number of methoxy groups -OCH3 is 1. The van der Waals surface area contributed by atoms with E-state index < -0.39 is 5.82 Å². The van der Waals surface area contributed by atoms with E-state index in [2.05, 4.69) is 4.98 Å². The maximum atomic E-state index is 13.8. The summed E-state index contributed by atoms with van der Waals surface area (Å²) in [5.41, 5.74) is 1.78. The van der Waals surface area contributed by atoms with E-state index in [4.69, 9.17) is 4.74 Å².